The Kier molecular flexibility index (Phi) is 7.12. The van der Waals surface area contributed by atoms with Crippen LogP contribution in [0.3, 0.4) is 0 Å². The summed E-state index contributed by atoms with van der Waals surface area (Å²) in [5, 5.41) is 0. The SMILES string of the molecule is O=C(OC[C@H]1OC(OC(=O)c2ccccc2)C[C@@H]1OC(=O)c1ccccc1)c1ccccc1. The molecule has 7 nitrogen and oxygen atoms in total. The number of hydrogen-bond donors (Lipinski definition) is 0. The third kappa shape index (κ3) is 5.84. The van der Waals surface area contributed by atoms with Gasteiger partial charge in [-0.05, 0) is 36.4 Å². The first-order valence-electron chi connectivity index (χ1n) is 10.5. The average Bonchev–Trinajstić information content (AvgIpc) is 3.24. The molecule has 168 valence electrons. The number of ether oxygens (including phenoxy) is 4. The van der Waals surface area contributed by atoms with Crippen LogP contribution in [0.5, 0.6) is 0 Å². The van der Waals surface area contributed by atoms with E-state index in [9.17, 15) is 14.4 Å². The van der Waals surface area contributed by atoms with E-state index in [1.165, 1.54) is 0 Å². The van der Waals surface area contributed by atoms with E-state index in [4.69, 9.17) is 18.9 Å². The van der Waals surface area contributed by atoms with Crippen LogP contribution in [0.1, 0.15) is 37.5 Å². The van der Waals surface area contributed by atoms with Crippen LogP contribution in [0.15, 0.2) is 91.0 Å². The normalized spacial score (nSPS) is 19.5. The largest absolute Gasteiger partial charge is 0.459 e. The summed E-state index contributed by atoms with van der Waals surface area (Å²) >= 11 is 0. The molecule has 1 heterocycles. The van der Waals surface area contributed by atoms with Crippen LogP contribution in [0.4, 0.5) is 0 Å². The van der Waals surface area contributed by atoms with Gasteiger partial charge in [-0.3, -0.25) is 0 Å². The Morgan fingerprint density at radius 1 is 0.667 bits per heavy atom. The van der Waals surface area contributed by atoms with Crippen molar-refractivity contribution in [2.45, 2.75) is 24.9 Å². The molecule has 1 aliphatic rings. The van der Waals surface area contributed by atoms with Crippen molar-refractivity contribution in [3.8, 4) is 0 Å². The molecule has 0 saturated carbocycles. The molecule has 3 aromatic carbocycles. The first-order chi connectivity index (χ1) is 16.1. The van der Waals surface area contributed by atoms with E-state index in [2.05, 4.69) is 0 Å². The van der Waals surface area contributed by atoms with E-state index in [1.54, 1.807) is 91.0 Å². The molecule has 1 aliphatic heterocycles. The van der Waals surface area contributed by atoms with Crippen molar-refractivity contribution in [3.63, 3.8) is 0 Å². The Morgan fingerprint density at radius 3 is 1.64 bits per heavy atom. The topological polar surface area (TPSA) is 88.1 Å². The maximum Gasteiger partial charge on any atom is 0.340 e. The summed E-state index contributed by atoms with van der Waals surface area (Å²) in [6, 6.07) is 25.5. The lowest BCUT2D eigenvalue weighted by Crippen LogP contribution is -2.32. The minimum absolute atomic E-state index is 0.116. The molecule has 1 unspecified atom stereocenters. The second-order valence-electron chi connectivity index (χ2n) is 7.39. The number of hydrogen-bond acceptors (Lipinski definition) is 7. The summed E-state index contributed by atoms with van der Waals surface area (Å²) < 4.78 is 22.2. The van der Waals surface area contributed by atoms with Gasteiger partial charge >= 0.3 is 17.9 Å². The molecule has 0 amide bonds. The average molecular weight is 446 g/mol. The lowest BCUT2D eigenvalue weighted by atomic mass is 10.1. The van der Waals surface area contributed by atoms with Gasteiger partial charge in [0.05, 0.1) is 23.1 Å². The first-order valence-corrected chi connectivity index (χ1v) is 10.5. The highest BCUT2D eigenvalue weighted by Crippen LogP contribution is 2.27. The van der Waals surface area contributed by atoms with Gasteiger partial charge in [-0.1, -0.05) is 54.6 Å². The summed E-state index contributed by atoms with van der Waals surface area (Å²) in [5.41, 5.74) is 1.14. The minimum atomic E-state index is -0.952. The summed E-state index contributed by atoms with van der Waals surface area (Å²) in [5.74, 6) is -1.63. The molecule has 0 spiro atoms. The van der Waals surface area contributed by atoms with Gasteiger partial charge in [0.15, 0.2) is 0 Å². The smallest absolute Gasteiger partial charge is 0.340 e. The predicted octanol–water partition coefficient (Wildman–Crippen LogP) is 4.04. The van der Waals surface area contributed by atoms with Crippen LogP contribution >= 0.6 is 0 Å². The van der Waals surface area contributed by atoms with Crippen molar-refractivity contribution < 1.29 is 33.3 Å². The summed E-state index contributed by atoms with van der Waals surface area (Å²) in [6.45, 7) is -0.167. The molecule has 0 bridgehead atoms. The van der Waals surface area contributed by atoms with Crippen molar-refractivity contribution in [2.75, 3.05) is 6.61 Å². The van der Waals surface area contributed by atoms with Gasteiger partial charge in [-0.25, -0.2) is 14.4 Å². The zero-order valence-corrected chi connectivity index (χ0v) is 17.7. The van der Waals surface area contributed by atoms with Crippen LogP contribution in [0, 0.1) is 0 Å². The molecule has 0 aromatic heterocycles. The standard InChI is InChI=1S/C26H22O7/c27-24(18-10-4-1-5-11-18)30-17-22-21(32-25(28)19-12-6-2-7-13-19)16-23(31-22)33-26(29)20-14-8-3-9-15-20/h1-15,21-23H,16-17H2/t21-,22+,23?/m0/s1. The van der Waals surface area contributed by atoms with Crippen molar-refractivity contribution in [1.29, 1.82) is 0 Å². The van der Waals surface area contributed by atoms with Gasteiger partial charge in [0, 0.05) is 0 Å². The highest BCUT2D eigenvalue weighted by atomic mass is 16.7. The fourth-order valence-corrected chi connectivity index (χ4v) is 3.38. The maximum atomic E-state index is 12.6. The fraction of sp³-hybridized carbons (Fsp3) is 0.192. The van der Waals surface area contributed by atoms with Crippen LogP contribution in [0.25, 0.3) is 0 Å². The van der Waals surface area contributed by atoms with Gasteiger partial charge in [-0.15, -0.1) is 0 Å². The first kappa shape index (κ1) is 22.2. The zero-order valence-electron chi connectivity index (χ0n) is 17.7. The van der Waals surface area contributed by atoms with Crippen molar-refractivity contribution in [3.05, 3.63) is 108 Å². The number of esters is 3. The zero-order chi connectivity index (χ0) is 23.0. The van der Waals surface area contributed by atoms with E-state index in [0.29, 0.717) is 16.7 Å². The predicted molar refractivity (Wildman–Crippen MR) is 118 cm³/mol. The van der Waals surface area contributed by atoms with E-state index in [-0.39, 0.29) is 13.0 Å². The number of carbonyl (C=O) groups excluding carboxylic acids is 3. The molecule has 4 rings (SSSR count). The van der Waals surface area contributed by atoms with Gasteiger partial charge in [0.25, 0.3) is 0 Å². The van der Waals surface area contributed by atoms with Crippen LogP contribution in [-0.4, -0.2) is 43.0 Å². The van der Waals surface area contributed by atoms with Gasteiger partial charge < -0.3 is 18.9 Å². The van der Waals surface area contributed by atoms with E-state index in [0.717, 1.165) is 0 Å². The molecular weight excluding hydrogens is 424 g/mol. The molecule has 3 atom stereocenters. The van der Waals surface area contributed by atoms with Crippen molar-refractivity contribution in [1.82, 2.24) is 0 Å². The Balaban J connectivity index is 1.43. The molecule has 0 N–H and O–H groups in total. The third-order valence-corrected chi connectivity index (χ3v) is 5.07. The molecular formula is C26H22O7. The lowest BCUT2D eigenvalue weighted by Gasteiger charge is -2.18. The second kappa shape index (κ2) is 10.6. The van der Waals surface area contributed by atoms with Crippen molar-refractivity contribution >= 4 is 17.9 Å². The Hall–Kier alpha value is -3.97. The Morgan fingerprint density at radius 2 is 1.12 bits per heavy atom. The number of rotatable bonds is 7. The highest BCUT2D eigenvalue weighted by molar-refractivity contribution is 5.90. The van der Waals surface area contributed by atoms with Crippen LogP contribution < -0.4 is 0 Å². The fourth-order valence-electron chi connectivity index (χ4n) is 3.38. The van der Waals surface area contributed by atoms with E-state index in [1.807, 2.05) is 0 Å². The Bertz CT molecular complexity index is 1080. The molecule has 3 aromatic rings. The molecule has 0 radical (unpaired) electrons. The van der Waals surface area contributed by atoms with Crippen LogP contribution in [-0.2, 0) is 18.9 Å². The molecule has 33 heavy (non-hydrogen) atoms. The van der Waals surface area contributed by atoms with E-state index < -0.39 is 36.4 Å². The monoisotopic (exact) mass is 446 g/mol. The summed E-state index contributed by atoms with van der Waals surface area (Å²) in [7, 11) is 0. The second-order valence-corrected chi connectivity index (χ2v) is 7.39. The molecule has 0 aliphatic carbocycles. The van der Waals surface area contributed by atoms with Gasteiger partial charge in [0.2, 0.25) is 6.29 Å². The summed E-state index contributed by atoms with van der Waals surface area (Å²) in [4.78, 5) is 37.3. The molecule has 1 fully saturated rings. The highest BCUT2D eigenvalue weighted by Gasteiger charge is 2.41. The van der Waals surface area contributed by atoms with Crippen molar-refractivity contribution in [2.24, 2.45) is 0 Å². The maximum absolute atomic E-state index is 12.6. The van der Waals surface area contributed by atoms with Crippen LogP contribution in [0.2, 0.25) is 0 Å². The Labute approximate surface area is 190 Å². The molecule has 7 heteroatoms. The third-order valence-electron chi connectivity index (χ3n) is 5.07. The summed E-state index contributed by atoms with van der Waals surface area (Å²) in [6.07, 6.45) is -2.40. The van der Waals surface area contributed by atoms with E-state index >= 15 is 0 Å². The molecule has 1 saturated heterocycles. The number of carbonyl (C=O) groups is 3. The quantitative estimate of drug-likeness (QED) is 0.400. The minimum Gasteiger partial charge on any atom is -0.459 e. The van der Waals surface area contributed by atoms with Gasteiger partial charge in [0.1, 0.15) is 18.8 Å². The lowest BCUT2D eigenvalue weighted by molar-refractivity contribution is -0.117. The van der Waals surface area contributed by atoms with Gasteiger partial charge in [-0.2, -0.15) is 0 Å². The number of benzene rings is 3.